The van der Waals surface area contributed by atoms with Crippen LogP contribution in [0.4, 0.5) is 5.69 Å². The summed E-state index contributed by atoms with van der Waals surface area (Å²) in [6.07, 6.45) is 0. The molecule has 0 radical (unpaired) electrons. The Morgan fingerprint density at radius 1 is 0.950 bits per heavy atom. The Morgan fingerprint density at radius 3 is 2.23 bits per heavy atom. The van der Waals surface area contributed by atoms with Crippen LogP contribution in [-0.2, 0) is 26.2 Å². The molecular formula is C30H37N3O6S. The first-order valence-corrected chi connectivity index (χ1v) is 14.6. The number of hydrogen-bond donors (Lipinski definition) is 1. The van der Waals surface area contributed by atoms with Gasteiger partial charge in [0.2, 0.25) is 11.8 Å². The summed E-state index contributed by atoms with van der Waals surface area (Å²) in [4.78, 5) is 28.1. The molecule has 0 unspecified atom stereocenters. The molecule has 0 saturated carbocycles. The largest absolute Gasteiger partial charge is 0.497 e. The number of carbonyl (C=O) groups excluding carboxylic acids is 2. The highest BCUT2D eigenvalue weighted by Crippen LogP contribution is 2.26. The van der Waals surface area contributed by atoms with Gasteiger partial charge in [0.15, 0.2) is 0 Å². The van der Waals surface area contributed by atoms with E-state index in [9.17, 15) is 18.0 Å². The molecule has 0 aromatic heterocycles. The van der Waals surface area contributed by atoms with Gasteiger partial charge in [0, 0.05) is 13.1 Å². The fourth-order valence-corrected chi connectivity index (χ4v) is 5.53. The molecule has 1 atom stereocenters. The maximum absolute atomic E-state index is 13.9. The summed E-state index contributed by atoms with van der Waals surface area (Å²) in [6.45, 7) is 7.57. The lowest BCUT2D eigenvalue weighted by molar-refractivity contribution is -0.139. The van der Waals surface area contributed by atoms with Crippen molar-refractivity contribution in [3.63, 3.8) is 0 Å². The molecule has 214 valence electrons. The number of aryl methyl sites for hydroxylation is 1. The van der Waals surface area contributed by atoms with E-state index in [0.29, 0.717) is 30.3 Å². The van der Waals surface area contributed by atoms with Crippen molar-refractivity contribution in [2.45, 2.75) is 45.2 Å². The van der Waals surface area contributed by atoms with Crippen LogP contribution in [0.25, 0.3) is 0 Å². The second-order valence-electron chi connectivity index (χ2n) is 9.20. The Balaban J connectivity index is 2.02. The summed E-state index contributed by atoms with van der Waals surface area (Å²) in [6, 6.07) is 19.3. The average molecular weight is 568 g/mol. The summed E-state index contributed by atoms with van der Waals surface area (Å²) in [5, 5.41) is 2.75. The molecule has 0 aliphatic carbocycles. The van der Waals surface area contributed by atoms with E-state index in [2.05, 4.69) is 5.32 Å². The number of sulfonamides is 1. The Hall–Kier alpha value is -4.05. The molecule has 40 heavy (non-hydrogen) atoms. The highest BCUT2D eigenvalue weighted by Gasteiger charge is 2.32. The number of rotatable bonds is 13. The maximum atomic E-state index is 13.9. The topological polar surface area (TPSA) is 105 Å². The first-order valence-electron chi connectivity index (χ1n) is 13.1. The predicted octanol–water partition coefficient (Wildman–Crippen LogP) is 4.15. The van der Waals surface area contributed by atoms with E-state index >= 15 is 0 Å². The van der Waals surface area contributed by atoms with Gasteiger partial charge in [0.25, 0.3) is 10.0 Å². The zero-order valence-corrected chi connectivity index (χ0v) is 24.4. The number of benzene rings is 3. The zero-order chi connectivity index (χ0) is 29.3. The molecule has 9 nitrogen and oxygen atoms in total. The average Bonchev–Trinajstić information content (AvgIpc) is 2.95. The Kier molecular flexibility index (Phi) is 10.6. The first-order chi connectivity index (χ1) is 19.1. The van der Waals surface area contributed by atoms with E-state index in [1.165, 1.54) is 17.0 Å². The standard InChI is InChI=1S/C30H37N3O6S/c1-6-31-30(35)23(4)32(20-24-9-8-10-27(19-24)38-5)29(34)21-33(25-13-11-22(3)12-14-25)40(36,37)28-17-15-26(16-18-28)39-7-2/h8-19,23H,6-7,20-21H2,1-5H3,(H,31,35)/t23-/m0/s1. The van der Waals surface area contributed by atoms with Gasteiger partial charge in [0.1, 0.15) is 24.1 Å². The molecule has 0 spiro atoms. The number of anilines is 1. The molecule has 0 aliphatic heterocycles. The van der Waals surface area contributed by atoms with Crippen LogP contribution < -0.4 is 19.1 Å². The molecule has 3 aromatic rings. The van der Waals surface area contributed by atoms with Crippen LogP contribution in [-0.4, -0.2) is 58.0 Å². The highest BCUT2D eigenvalue weighted by atomic mass is 32.2. The number of carbonyl (C=O) groups is 2. The van der Waals surface area contributed by atoms with E-state index in [1.807, 2.05) is 19.9 Å². The van der Waals surface area contributed by atoms with Gasteiger partial charge in [-0.2, -0.15) is 0 Å². The van der Waals surface area contributed by atoms with Crippen molar-refractivity contribution in [1.82, 2.24) is 10.2 Å². The van der Waals surface area contributed by atoms with Crippen molar-refractivity contribution >= 4 is 27.5 Å². The normalized spacial score (nSPS) is 11.8. The zero-order valence-electron chi connectivity index (χ0n) is 23.6. The lowest BCUT2D eigenvalue weighted by atomic mass is 10.1. The van der Waals surface area contributed by atoms with Crippen LogP contribution in [0.5, 0.6) is 11.5 Å². The number of amides is 2. The number of likely N-dealkylation sites (N-methyl/N-ethyl adjacent to an activating group) is 1. The van der Waals surface area contributed by atoms with Crippen LogP contribution in [0.15, 0.2) is 77.7 Å². The molecule has 0 saturated heterocycles. The third-order valence-electron chi connectivity index (χ3n) is 6.33. The van der Waals surface area contributed by atoms with E-state index in [-0.39, 0.29) is 17.3 Å². The second kappa shape index (κ2) is 13.8. The number of hydrogen-bond acceptors (Lipinski definition) is 6. The predicted molar refractivity (Wildman–Crippen MR) is 155 cm³/mol. The molecule has 3 rings (SSSR count). The number of methoxy groups -OCH3 is 1. The maximum Gasteiger partial charge on any atom is 0.264 e. The summed E-state index contributed by atoms with van der Waals surface area (Å²) in [5.41, 5.74) is 2.01. The molecular weight excluding hydrogens is 530 g/mol. The SMILES string of the molecule is CCNC(=O)[C@H](C)N(Cc1cccc(OC)c1)C(=O)CN(c1ccc(C)cc1)S(=O)(=O)c1ccc(OCC)cc1. The quantitative estimate of drug-likeness (QED) is 0.333. The fraction of sp³-hybridized carbons (Fsp3) is 0.333. The van der Waals surface area contributed by atoms with Crippen LogP contribution in [0, 0.1) is 6.92 Å². The van der Waals surface area contributed by atoms with E-state index in [1.54, 1.807) is 75.6 Å². The monoisotopic (exact) mass is 567 g/mol. The van der Waals surface area contributed by atoms with E-state index in [0.717, 1.165) is 15.4 Å². The van der Waals surface area contributed by atoms with E-state index < -0.39 is 28.5 Å². The minimum atomic E-state index is -4.16. The van der Waals surface area contributed by atoms with Crippen LogP contribution >= 0.6 is 0 Å². The van der Waals surface area contributed by atoms with Gasteiger partial charge < -0.3 is 19.7 Å². The lowest BCUT2D eigenvalue weighted by Crippen LogP contribution is -2.51. The Labute approximate surface area is 236 Å². The third-order valence-corrected chi connectivity index (χ3v) is 8.12. The van der Waals surface area contributed by atoms with Crippen molar-refractivity contribution < 1.29 is 27.5 Å². The lowest BCUT2D eigenvalue weighted by Gasteiger charge is -2.32. The number of nitrogens with one attached hydrogen (secondary N) is 1. The molecule has 0 aliphatic rings. The van der Waals surface area contributed by atoms with Crippen molar-refractivity contribution in [1.29, 1.82) is 0 Å². The summed E-state index contributed by atoms with van der Waals surface area (Å²) < 4.78 is 39.7. The highest BCUT2D eigenvalue weighted by molar-refractivity contribution is 7.92. The molecule has 1 N–H and O–H groups in total. The minimum Gasteiger partial charge on any atom is -0.497 e. The first kappa shape index (κ1) is 30.5. The van der Waals surface area contributed by atoms with Crippen LogP contribution in [0.2, 0.25) is 0 Å². The van der Waals surface area contributed by atoms with E-state index in [4.69, 9.17) is 9.47 Å². The van der Waals surface area contributed by atoms with Gasteiger partial charge in [-0.05, 0) is 81.8 Å². The summed E-state index contributed by atoms with van der Waals surface area (Å²) in [7, 11) is -2.61. The summed E-state index contributed by atoms with van der Waals surface area (Å²) in [5.74, 6) is 0.279. The minimum absolute atomic E-state index is 0.0143. The molecule has 0 heterocycles. The second-order valence-corrected chi connectivity index (χ2v) is 11.1. The van der Waals surface area contributed by atoms with Crippen LogP contribution in [0.1, 0.15) is 31.9 Å². The van der Waals surface area contributed by atoms with Gasteiger partial charge in [0.05, 0.1) is 24.3 Å². The Morgan fingerprint density at radius 2 is 1.62 bits per heavy atom. The molecule has 0 fully saturated rings. The van der Waals surface area contributed by atoms with Crippen LogP contribution in [0.3, 0.4) is 0 Å². The van der Waals surface area contributed by atoms with Crippen molar-refractivity contribution in [2.75, 3.05) is 31.1 Å². The smallest absolute Gasteiger partial charge is 0.264 e. The van der Waals surface area contributed by atoms with Crippen molar-refractivity contribution in [3.05, 3.63) is 83.9 Å². The Bertz CT molecular complexity index is 1390. The summed E-state index contributed by atoms with van der Waals surface area (Å²) >= 11 is 0. The van der Waals surface area contributed by atoms with Crippen molar-refractivity contribution in [3.8, 4) is 11.5 Å². The van der Waals surface area contributed by atoms with Gasteiger partial charge >= 0.3 is 0 Å². The van der Waals surface area contributed by atoms with Gasteiger partial charge in [-0.1, -0.05) is 29.8 Å². The van der Waals surface area contributed by atoms with Gasteiger partial charge in [-0.3, -0.25) is 13.9 Å². The molecule has 3 aromatic carbocycles. The van der Waals surface area contributed by atoms with Gasteiger partial charge in [-0.25, -0.2) is 8.42 Å². The molecule has 0 bridgehead atoms. The third kappa shape index (κ3) is 7.53. The van der Waals surface area contributed by atoms with Crippen molar-refractivity contribution in [2.24, 2.45) is 0 Å². The number of ether oxygens (including phenoxy) is 2. The number of nitrogens with zero attached hydrogens (tertiary/aromatic N) is 2. The fourth-order valence-electron chi connectivity index (χ4n) is 4.11. The van der Waals surface area contributed by atoms with Gasteiger partial charge in [-0.15, -0.1) is 0 Å². The molecule has 2 amide bonds. The molecule has 10 heteroatoms.